The lowest BCUT2D eigenvalue weighted by molar-refractivity contribution is 0.255. The number of nitrogens with one attached hydrogen (secondary N) is 1. The van der Waals surface area contributed by atoms with E-state index in [0.29, 0.717) is 0 Å². The second kappa shape index (κ2) is 7.76. The zero-order chi connectivity index (χ0) is 13.4. The van der Waals surface area contributed by atoms with E-state index in [1.807, 2.05) is 0 Å². The lowest BCUT2D eigenvalue weighted by Crippen LogP contribution is -2.44. The Balaban J connectivity index is 2.30. The smallest absolute Gasteiger partial charge is 0.106 e. The lowest BCUT2D eigenvalue weighted by atomic mass is 9.92. The molecule has 0 spiro atoms. The van der Waals surface area contributed by atoms with Crippen molar-refractivity contribution in [3.63, 3.8) is 0 Å². The quantitative estimate of drug-likeness (QED) is 0.649. The highest BCUT2D eigenvalue weighted by atomic mass is 15.1. The molecule has 104 valence electrons. The second-order valence-electron chi connectivity index (χ2n) is 5.52. The molecule has 0 aromatic carbocycles. The van der Waals surface area contributed by atoms with Crippen molar-refractivity contribution in [2.24, 2.45) is 5.92 Å². The molecule has 1 atom stereocenters. The molecule has 1 aliphatic rings. The molecule has 18 heavy (non-hydrogen) atoms. The molecular weight excluding hydrogens is 222 g/mol. The molecule has 0 aromatic heterocycles. The molecule has 0 heterocycles. The predicted molar refractivity (Wildman–Crippen MR) is 76.4 cm³/mol. The molecule has 1 fully saturated rings. The summed E-state index contributed by atoms with van der Waals surface area (Å²) in [5, 5.41) is 12.7. The third-order valence-corrected chi connectivity index (χ3v) is 4.07. The average molecular weight is 251 g/mol. The van der Waals surface area contributed by atoms with Gasteiger partial charge in [0.2, 0.25) is 0 Å². The Morgan fingerprint density at radius 1 is 1.33 bits per heavy atom. The first-order valence-corrected chi connectivity index (χ1v) is 7.58. The standard InChI is InChI=1S/C15H29N3/c1-4-15(13-16,17-5-2)10-7-11-18(6-3)12-14-8-9-14/h14,17H,4-12H2,1-3H3. The fourth-order valence-electron chi connectivity index (χ4n) is 2.55. The summed E-state index contributed by atoms with van der Waals surface area (Å²) in [5.41, 5.74) is -0.298. The van der Waals surface area contributed by atoms with Gasteiger partial charge in [0.25, 0.3) is 0 Å². The van der Waals surface area contributed by atoms with E-state index >= 15 is 0 Å². The first-order valence-electron chi connectivity index (χ1n) is 7.58. The molecule has 1 aliphatic carbocycles. The SMILES string of the molecule is CCNC(C#N)(CC)CCCN(CC)CC1CC1. The minimum atomic E-state index is -0.298. The second-order valence-corrected chi connectivity index (χ2v) is 5.52. The van der Waals surface area contributed by atoms with Crippen LogP contribution in [-0.4, -0.2) is 36.6 Å². The van der Waals surface area contributed by atoms with Crippen molar-refractivity contribution in [1.82, 2.24) is 10.2 Å². The summed E-state index contributed by atoms with van der Waals surface area (Å²) in [6.45, 7) is 10.8. The van der Waals surface area contributed by atoms with Gasteiger partial charge in [0.15, 0.2) is 0 Å². The van der Waals surface area contributed by atoms with Gasteiger partial charge in [-0.15, -0.1) is 0 Å². The number of rotatable bonds is 10. The Morgan fingerprint density at radius 3 is 2.50 bits per heavy atom. The van der Waals surface area contributed by atoms with Crippen LogP contribution in [0.1, 0.15) is 52.9 Å². The van der Waals surface area contributed by atoms with Crippen LogP contribution in [0.4, 0.5) is 0 Å². The summed E-state index contributed by atoms with van der Waals surface area (Å²) < 4.78 is 0. The summed E-state index contributed by atoms with van der Waals surface area (Å²) in [4.78, 5) is 2.54. The zero-order valence-electron chi connectivity index (χ0n) is 12.3. The van der Waals surface area contributed by atoms with Gasteiger partial charge in [-0.3, -0.25) is 5.32 Å². The fraction of sp³-hybridized carbons (Fsp3) is 0.933. The van der Waals surface area contributed by atoms with Crippen LogP contribution in [0.15, 0.2) is 0 Å². The number of hydrogen-bond acceptors (Lipinski definition) is 3. The molecule has 1 saturated carbocycles. The van der Waals surface area contributed by atoms with Crippen LogP contribution < -0.4 is 5.32 Å². The van der Waals surface area contributed by atoms with Crippen LogP contribution in [0.2, 0.25) is 0 Å². The highest BCUT2D eigenvalue weighted by Crippen LogP contribution is 2.29. The third-order valence-electron chi connectivity index (χ3n) is 4.07. The molecule has 1 unspecified atom stereocenters. The van der Waals surface area contributed by atoms with E-state index in [4.69, 9.17) is 0 Å². The summed E-state index contributed by atoms with van der Waals surface area (Å²) in [6.07, 6.45) is 5.83. The first kappa shape index (κ1) is 15.5. The number of nitrogens with zero attached hydrogens (tertiary/aromatic N) is 2. The summed E-state index contributed by atoms with van der Waals surface area (Å²) >= 11 is 0. The van der Waals surface area contributed by atoms with Gasteiger partial charge in [0.05, 0.1) is 6.07 Å². The van der Waals surface area contributed by atoms with Crippen molar-refractivity contribution in [1.29, 1.82) is 5.26 Å². The maximum atomic E-state index is 9.36. The van der Waals surface area contributed by atoms with Gasteiger partial charge in [0, 0.05) is 6.54 Å². The Labute approximate surface area is 113 Å². The van der Waals surface area contributed by atoms with Crippen LogP contribution in [0, 0.1) is 17.2 Å². The molecule has 1 rings (SSSR count). The Kier molecular flexibility index (Phi) is 6.67. The average Bonchev–Trinajstić information content (AvgIpc) is 3.20. The van der Waals surface area contributed by atoms with Crippen molar-refractivity contribution in [3.05, 3.63) is 0 Å². The normalized spacial score (nSPS) is 18.6. The van der Waals surface area contributed by atoms with Crippen molar-refractivity contribution in [2.75, 3.05) is 26.2 Å². The van der Waals surface area contributed by atoms with Crippen LogP contribution in [0.3, 0.4) is 0 Å². The summed E-state index contributed by atoms with van der Waals surface area (Å²) in [5.74, 6) is 0.964. The minimum Gasteiger partial charge on any atom is -0.303 e. The van der Waals surface area contributed by atoms with E-state index in [0.717, 1.165) is 44.8 Å². The Bertz CT molecular complexity index is 267. The monoisotopic (exact) mass is 251 g/mol. The third kappa shape index (κ3) is 4.96. The van der Waals surface area contributed by atoms with Gasteiger partial charge in [-0.2, -0.15) is 5.26 Å². The largest absolute Gasteiger partial charge is 0.303 e. The molecule has 0 radical (unpaired) electrons. The number of nitriles is 1. The highest BCUT2D eigenvalue weighted by Gasteiger charge is 2.27. The van der Waals surface area contributed by atoms with Crippen molar-refractivity contribution < 1.29 is 0 Å². The minimum absolute atomic E-state index is 0.298. The van der Waals surface area contributed by atoms with E-state index in [2.05, 4.69) is 37.1 Å². The van der Waals surface area contributed by atoms with Gasteiger partial charge in [-0.1, -0.05) is 20.8 Å². The zero-order valence-corrected chi connectivity index (χ0v) is 12.3. The van der Waals surface area contributed by atoms with E-state index in [1.54, 1.807) is 0 Å². The van der Waals surface area contributed by atoms with E-state index in [-0.39, 0.29) is 5.54 Å². The first-order chi connectivity index (χ1) is 8.69. The van der Waals surface area contributed by atoms with E-state index in [1.165, 1.54) is 19.4 Å². The fourth-order valence-corrected chi connectivity index (χ4v) is 2.55. The molecule has 0 saturated heterocycles. The van der Waals surface area contributed by atoms with Crippen LogP contribution >= 0.6 is 0 Å². The van der Waals surface area contributed by atoms with Gasteiger partial charge in [-0.05, 0) is 57.7 Å². The maximum Gasteiger partial charge on any atom is 0.106 e. The number of hydrogen-bond donors (Lipinski definition) is 1. The van der Waals surface area contributed by atoms with Crippen LogP contribution in [-0.2, 0) is 0 Å². The Morgan fingerprint density at radius 2 is 2.06 bits per heavy atom. The van der Waals surface area contributed by atoms with Gasteiger partial charge in [-0.25, -0.2) is 0 Å². The topological polar surface area (TPSA) is 39.1 Å². The molecule has 0 aromatic rings. The van der Waals surface area contributed by atoms with Crippen LogP contribution in [0.5, 0.6) is 0 Å². The maximum absolute atomic E-state index is 9.36. The van der Waals surface area contributed by atoms with Crippen molar-refractivity contribution >= 4 is 0 Å². The molecular formula is C15H29N3. The lowest BCUT2D eigenvalue weighted by Gasteiger charge is -2.28. The molecule has 3 nitrogen and oxygen atoms in total. The Hall–Kier alpha value is -0.590. The predicted octanol–water partition coefficient (Wildman–Crippen LogP) is 2.78. The molecule has 0 bridgehead atoms. The summed E-state index contributed by atoms with van der Waals surface area (Å²) in [6, 6.07) is 2.48. The van der Waals surface area contributed by atoms with Gasteiger partial charge < -0.3 is 4.90 Å². The van der Waals surface area contributed by atoms with E-state index in [9.17, 15) is 5.26 Å². The van der Waals surface area contributed by atoms with Crippen LogP contribution in [0.25, 0.3) is 0 Å². The highest BCUT2D eigenvalue weighted by molar-refractivity contribution is 5.06. The molecule has 0 amide bonds. The molecule has 0 aliphatic heterocycles. The summed E-state index contributed by atoms with van der Waals surface area (Å²) in [7, 11) is 0. The molecule has 3 heteroatoms. The van der Waals surface area contributed by atoms with Crippen molar-refractivity contribution in [3.8, 4) is 6.07 Å². The molecule has 1 N–H and O–H groups in total. The van der Waals surface area contributed by atoms with Crippen molar-refractivity contribution in [2.45, 2.75) is 58.4 Å². The van der Waals surface area contributed by atoms with Gasteiger partial charge >= 0.3 is 0 Å². The van der Waals surface area contributed by atoms with Gasteiger partial charge in [0.1, 0.15) is 5.54 Å². The van der Waals surface area contributed by atoms with E-state index < -0.39 is 0 Å².